The van der Waals surface area contributed by atoms with Gasteiger partial charge in [0.2, 0.25) is 0 Å². The summed E-state index contributed by atoms with van der Waals surface area (Å²) in [6, 6.07) is 10.9. The monoisotopic (exact) mass is 444 g/mol. The number of aryl methyl sites for hydroxylation is 1. The minimum Gasteiger partial charge on any atom is -0.467 e. The summed E-state index contributed by atoms with van der Waals surface area (Å²) in [4.78, 5) is 12.1. The van der Waals surface area contributed by atoms with Gasteiger partial charge in [-0.05, 0) is 44.0 Å². The van der Waals surface area contributed by atoms with Crippen LogP contribution in [0.25, 0.3) is 33.2 Å². The molecule has 1 spiro atoms. The van der Waals surface area contributed by atoms with E-state index in [4.69, 9.17) is 19.4 Å². The van der Waals surface area contributed by atoms with E-state index in [0.29, 0.717) is 23.2 Å². The van der Waals surface area contributed by atoms with Crippen molar-refractivity contribution in [3.63, 3.8) is 0 Å². The fourth-order valence-corrected chi connectivity index (χ4v) is 4.96. The van der Waals surface area contributed by atoms with Crippen molar-refractivity contribution in [2.75, 3.05) is 31.9 Å². The normalized spacial score (nSPS) is 19.5. The summed E-state index contributed by atoms with van der Waals surface area (Å²) < 4.78 is 12.8. The van der Waals surface area contributed by atoms with Gasteiger partial charge in [-0.3, -0.25) is 4.68 Å². The molecule has 2 aromatic heterocycles. The van der Waals surface area contributed by atoms with E-state index in [1.165, 1.54) is 18.5 Å². The number of rotatable bonds is 5. The van der Waals surface area contributed by atoms with E-state index < -0.39 is 0 Å². The number of nitrogens with zero attached hydrogens (tertiary/aromatic N) is 5. The maximum absolute atomic E-state index is 5.84. The lowest BCUT2D eigenvalue weighted by Gasteiger charge is -2.39. The van der Waals surface area contributed by atoms with Gasteiger partial charge in [-0.1, -0.05) is 0 Å². The lowest BCUT2D eigenvalue weighted by molar-refractivity contribution is 0.0516. The van der Waals surface area contributed by atoms with Gasteiger partial charge in [0, 0.05) is 73.7 Å². The number of aromatic nitrogens is 4. The van der Waals surface area contributed by atoms with Crippen molar-refractivity contribution in [3.8, 4) is 17.1 Å². The predicted octanol–water partition coefficient (Wildman–Crippen LogP) is 3.50. The van der Waals surface area contributed by atoms with Crippen molar-refractivity contribution in [1.29, 1.82) is 0 Å². The molecule has 2 aliphatic rings. The summed E-state index contributed by atoms with van der Waals surface area (Å²) in [5.41, 5.74) is 4.15. The third-order valence-corrected chi connectivity index (χ3v) is 6.62. The largest absolute Gasteiger partial charge is 0.467 e. The molecule has 2 aromatic carbocycles. The summed E-state index contributed by atoms with van der Waals surface area (Å²) in [5.74, 6) is 1.28. The zero-order valence-corrected chi connectivity index (χ0v) is 19.2. The van der Waals surface area contributed by atoms with Crippen LogP contribution in [0.2, 0.25) is 0 Å². The molecule has 0 bridgehead atoms. The van der Waals surface area contributed by atoms with E-state index in [9.17, 15) is 0 Å². The SMILES string of the molecule is COCOc1cc2nn(C)cc2cc1-c1ncc2cc(N3CC(C)NC4(CC4)C3)ccc2n1. The highest BCUT2D eigenvalue weighted by molar-refractivity contribution is 5.88. The van der Waals surface area contributed by atoms with Gasteiger partial charge < -0.3 is 19.7 Å². The van der Waals surface area contributed by atoms with Gasteiger partial charge in [0.05, 0.1) is 16.6 Å². The predicted molar refractivity (Wildman–Crippen MR) is 129 cm³/mol. The molecule has 1 N–H and O–H groups in total. The van der Waals surface area contributed by atoms with Crippen molar-refractivity contribution in [3.05, 3.63) is 42.7 Å². The molecule has 3 heterocycles. The highest BCUT2D eigenvalue weighted by Crippen LogP contribution is 2.40. The zero-order valence-electron chi connectivity index (χ0n) is 19.2. The standard InChI is InChI=1S/C25H28N6O2/c1-16-12-31(14-25(28-16)6-7-25)19-4-5-21-17(8-19)11-26-24(27-21)20-9-18-13-30(2)29-22(18)10-23(20)33-15-32-3/h4-5,8-11,13,16,28H,6-7,12,14-15H2,1-3H3. The third-order valence-electron chi connectivity index (χ3n) is 6.62. The summed E-state index contributed by atoms with van der Waals surface area (Å²) in [7, 11) is 3.51. The highest BCUT2D eigenvalue weighted by atomic mass is 16.7. The molecule has 170 valence electrons. The van der Waals surface area contributed by atoms with Gasteiger partial charge in [0.25, 0.3) is 0 Å². The first-order chi connectivity index (χ1) is 16.0. The van der Waals surface area contributed by atoms with Gasteiger partial charge in [0.1, 0.15) is 5.75 Å². The molecule has 1 aliphatic heterocycles. The molecule has 6 rings (SSSR count). The molecular weight excluding hydrogens is 416 g/mol. The molecule has 8 nitrogen and oxygen atoms in total. The zero-order chi connectivity index (χ0) is 22.6. The van der Waals surface area contributed by atoms with Crippen LogP contribution in [0.1, 0.15) is 19.8 Å². The van der Waals surface area contributed by atoms with Crippen molar-refractivity contribution in [2.24, 2.45) is 7.05 Å². The first-order valence-corrected chi connectivity index (χ1v) is 11.4. The highest BCUT2D eigenvalue weighted by Gasteiger charge is 2.47. The van der Waals surface area contributed by atoms with Crippen molar-refractivity contribution < 1.29 is 9.47 Å². The van der Waals surface area contributed by atoms with E-state index in [0.717, 1.165) is 40.5 Å². The fraction of sp³-hybridized carbons (Fsp3) is 0.400. The third kappa shape index (κ3) is 3.79. The number of hydrogen-bond acceptors (Lipinski definition) is 7. The van der Waals surface area contributed by atoms with Crippen LogP contribution >= 0.6 is 0 Å². The Morgan fingerprint density at radius 1 is 1.15 bits per heavy atom. The molecule has 1 saturated carbocycles. The lowest BCUT2D eigenvalue weighted by Crippen LogP contribution is -2.57. The van der Waals surface area contributed by atoms with Crippen LogP contribution in [-0.4, -0.2) is 58.3 Å². The fourth-order valence-electron chi connectivity index (χ4n) is 4.96. The lowest BCUT2D eigenvalue weighted by atomic mass is 10.1. The van der Waals surface area contributed by atoms with Crippen LogP contribution in [0.15, 0.2) is 42.7 Å². The van der Waals surface area contributed by atoms with Crippen molar-refractivity contribution in [1.82, 2.24) is 25.1 Å². The smallest absolute Gasteiger partial charge is 0.188 e. The first kappa shape index (κ1) is 20.4. The second-order valence-electron chi connectivity index (χ2n) is 9.40. The Labute approximate surface area is 192 Å². The Morgan fingerprint density at radius 2 is 2.03 bits per heavy atom. The van der Waals surface area contributed by atoms with E-state index >= 15 is 0 Å². The van der Waals surface area contributed by atoms with Crippen LogP contribution in [0.4, 0.5) is 5.69 Å². The number of anilines is 1. The minimum absolute atomic E-state index is 0.146. The van der Waals surface area contributed by atoms with Crippen LogP contribution in [0, 0.1) is 0 Å². The van der Waals surface area contributed by atoms with Gasteiger partial charge in [-0.2, -0.15) is 5.10 Å². The average molecular weight is 445 g/mol. The Morgan fingerprint density at radius 3 is 2.85 bits per heavy atom. The molecule has 0 amide bonds. The molecule has 1 saturated heterocycles. The number of fused-ring (bicyclic) bond motifs is 2. The Kier molecular flexibility index (Phi) is 4.74. The number of benzene rings is 2. The van der Waals surface area contributed by atoms with Crippen LogP contribution in [-0.2, 0) is 11.8 Å². The second-order valence-corrected chi connectivity index (χ2v) is 9.40. The van der Waals surface area contributed by atoms with Crippen molar-refractivity contribution >= 4 is 27.5 Å². The summed E-state index contributed by atoms with van der Waals surface area (Å²) >= 11 is 0. The number of methoxy groups -OCH3 is 1. The van der Waals surface area contributed by atoms with Crippen LogP contribution in [0.5, 0.6) is 5.75 Å². The van der Waals surface area contributed by atoms with E-state index in [-0.39, 0.29) is 6.79 Å². The second kappa shape index (κ2) is 7.67. The van der Waals surface area contributed by atoms with E-state index in [1.54, 1.807) is 11.8 Å². The number of nitrogens with one attached hydrogen (secondary N) is 1. The summed E-state index contributed by atoms with van der Waals surface area (Å²) in [5, 5.41) is 10.3. The maximum atomic E-state index is 5.84. The maximum Gasteiger partial charge on any atom is 0.188 e. The molecule has 1 aliphatic carbocycles. The quantitative estimate of drug-likeness (QED) is 0.472. The average Bonchev–Trinajstić information content (AvgIpc) is 3.43. The molecule has 33 heavy (non-hydrogen) atoms. The van der Waals surface area contributed by atoms with Crippen LogP contribution < -0.4 is 15.0 Å². The molecule has 1 atom stereocenters. The summed E-state index contributed by atoms with van der Waals surface area (Å²) in [6.07, 6.45) is 6.42. The van der Waals surface area contributed by atoms with E-state index in [1.807, 2.05) is 31.6 Å². The van der Waals surface area contributed by atoms with Crippen molar-refractivity contribution in [2.45, 2.75) is 31.3 Å². The van der Waals surface area contributed by atoms with Crippen LogP contribution in [0.3, 0.4) is 0 Å². The first-order valence-electron chi connectivity index (χ1n) is 11.4. The topological polar surface area (TPSA) is 77.3 Å². The van der Waals surface area contributed by atoms with Gasteiger partial charge in [0.15, 0.2) is 12.6 Å². The molecule has 2 fully saturated rings. The Hall–Kier alpha value is -3.23. The van der Waals surface area contributed by atoms with Gasteiger partial charge >= 0.3 is 0 Å². The Balaban J connectivity index is 1.36. The Bertz CT molecular complexity index is 1350. The van der Waals surface area contributed by atoms with Gasteiger partial charge in [-0.15, -0.1) is 0 Å². The molecule has 4 aromatic rings. The number of ether oxygens (including phenoxy) is 2. The van der Waals surface area contributed by atoms with E-state index in [2.05, 4.69) is 40.4 Å². The summed E-state index contributed by atoms with van der Waals surface area (Å²) in [6.45, 7) is 4.49. The molecule has 8 heteroatoms. The minimum atomic E-state index is 0.146. The molecule has 1 unspecified atom stereocenters. The molecule has 0 radical (unpaired) electrons. The number of piperazine rings is 1. The number of hydrogen-bond donors (Lipinski definition) is 1. The molecular formula is C25H28N6O2. The van der Waals surface area contributed by atoms with Gasteiger partial charge in [-0.25, -0.2) is 9.97 Å².